The highest BCUT2D eigenvalue weighted by atomic mass is 35.5. The molecular formula is C24H23ClF2N6O4. The lowest BCUT2D eigenvalue weighted by Crippen LogP contribution is -2.34. The predicted octanol–water partition coefficient (Wildman–Crippen LogP) is 3.29. The van der Waals surface area contributed by atoms with Gasteiger partial charge in [-0.15, -0.1) is 0 Å². The molecule has 4 aromatic rings. The molecule has 0 amide bonds. The number of pyridine rings is 1. The minimum atomic E-state index is -0.698. The van der Waals surface area contributed by atoms with Crippen LogP contribution < -0.4 is 10.1 Å². The Morgan fingerprint density at radius 1 is 1.16 bits per heavy atom. The second-order valence-electron chi connectivity index (χ2n) is 8.91. The second kappa shape index (κ2) is 9.53. The number of H-pyrrole nitrogens is 1. The summed E-state index contributed by atoms with van der Waals surface area (Å²) in [5.41, 5.74) is 1.69. The molecule has 0 unspecified atom stereocenters. The van der Waals surface area contributed by atoms with Crippen molar-refractivity contribution in [2.75, 3.05) is 18.5 Å². The maximum atomic E-state index is 14.8. The molecule has 194 valence electrons. The summed E-state index contributed by atoms with van der Waals surface area (Å²) in [4.78, 5) is 11.7. The molecular weight excluding hydrogens is 510 g/mol. The molecule has 0 radical (unpaired) electrons. The SMILES string of the molecule is CCn1cc(-c2cc(F)c(CNc3nc4nc(O[C@@H]5CO[C@H]6[C@@H]5OC[C@H]6O)[nH]c4cc3Cl)c(F)c2)cn1. The number of aliphatic hydroxyl groups excluding tert-OH is 1. The summed E-state index contributed by atoms with van der Waals surface area (Å²) in [5.74, 6) is -1.18. The zero-order valence-corrected chi connectivity index (χ0v) is 20.4. The van der Waals surface area contributed by atoms with Crippen molar-refractivity contribution in [3.63, 3.8) is 0 Å². The highest BCUT2D eigenvalue weighted by Gasteiger charge is 2.48. The average Bonchev–Trinajstić information content (AvgIpc) is 3.65. The minimum Gasteiger partial charge on any atom is -0.456 e. The van der Waals surface area contributed by atoms with Crippen molar-refractivity contribution >= 4 is 28.6 Å². The largest absolute Gasteiger partial charge is 0.456 e. The van der Waals surface area contributed by atoms with Gasteiger partial charge in [0.25, 0.3) is 6.01 Å². The van der Waals surface area contributed by atoms with Gasteiger partial charge in [-0.1, -0.05) is 11.6 Å². The van der Waals surface area contributed by atoms with E-state index in [9.17, 15) is 13.9 Å². The van der Waals surface area contributed by atoms with Crippen LogP contribution >= 0.6 is 11.6 Å². The van der Waals surface area contributed by atoms with Crippen LogP contribution in [-0.2, 0) is 22.6 Å². The van der Waals surface area contributed by atoms with Crippen LogP contribution in [0.5, 0.6) is 6.01 Å². The fraction of sp³-hybridized carbons (Fsp3) is 0.375. The molecule has 0 aliphatic carbocycles. The molecule has 5 heterocycles. The Balaban J connectivity index is 1.17. The third-order valence-electron chi connectivity index (χ3n) is 6.51. The predicted molar refractivity (Wildman–Crippen MR) is 129 cm³/mol. The van der Waals surface area contributed by atoms with Gasteiger partial charge >= 0.3 is 0 Å². The lowest BCUT2D eigenvalue weighted by Gasteiger charge is -2.15. The van der Waals surface area contributed by atoms with Crippen molar-refractivity contribution in [3.8, 4) is 17.1 Å². The van der Waals surface area contributed by atoms with Crippen LogP contribution in [-0.4, -0.2) is 67.5 Å². The summed E-state index contributed by atoms with van der Waals surface area (Å²) in [6.07, 6.45) is 1.35. The highest BCUT2D eigenvalue weighted by Crippen LogP contribution is 2.31. The summed E-state index contributed by atoms with van der Waals surface area (Å²) in [6, 6.07) is 4.33. The zero-order valence-electron chi connectivity index (χ0n) is 19.6. The minimum absolute atomic E-state index is 0.148. The number of hydrogen-bond acceptors (Lipinski definition) is 8. The summed E-state index contributed by atoms with van der Waals surface area (Å²) in [5, 5.41) is 17.2. The van der Waals surface area contributed by atoms with E-state index in [0.29, 0.717) is 28.8 Å². The number of aliphatic hydroxyl groups is 1. The van der Waals surface area contributed by atoms with Gasteiger partial charge < -0.3 is 29.6 Å². The Kier molecular flexibility index (Phi) is 6.19. The van der Waals surface area contributed by atoms with Gasteiger partial charge in [-0.3, -0.25) is 4.68 Å². The fourth-order valence-electron chi connectivity index (χ4n) is 4.56. The molecule has 0 saturated carbocycles. The van der Waals surface area contributed by atoms with E-state index in [1.165, 1.54) is 12.1 Å². The van der Waals surface area contributed by atoms with Crippen molar-refractivity contribution in [2.24, 2.45) is 0 Å². The van der Waals surface area contributed by atoms with Crippen LogP contribution in [0.25, 0.3) is 22.3 Å². The molecule has 0 bridgehead atoms. The number of rotatable bonds is 7. The van der Waals surface area contributed by atoms with Crippen molar-refractivity contribution in [1.82, 2.24) is 24.7 Å². The number of benzene rings is 1. The van der Waals surface area contributed by atoms with E-state index < -0.39 is 36.1 Å². The molecule has 3 aromatic heterocycles. The van der Waals surface area contributed by atoms with Gasteiger partial charge in [0.1, 0.15) is 35.8 Å². The highest BCUT2D eigenvalue weighted by molar-refractivity contribution is 6.33. The molecule has 0 spiro atoms. The van der Waals surface area contributed by atoms with Crippen LogP contribution in [0.4, 0.5) is 14.6 Å². The number of imidazole rings is 1. The first-order valence-electron chi connectivity index (χ1n) is 11.8. The summed E-state index contributed by atoms with van der Waals surface area (Å²) >= 11 is 6.36. The lowest BCUT2D eigenvalue weighted by atomic mass is 10.1. The van der Waals surface area contributed by atoms with Crippen LogP contribution in [0.2, 0.25) is 5.02 Å². The average molecular weight is 533 g/mol. The van der Waals surface area contributed by atoms with E-state index >= 15 is 0 Å². The number of fused-ring (bicyclic) bond motifs is 2. The van der Waals surface area contributed by atoms with Gasteiger partial charge in [0.2, 0.25) is 0 Å². The lowest BCUT2D eigenvalue weighted by molar-refractivity contribution is 0.00706. The molecule has 4 atom stereocenters. The molecule has 2 fully saturated rings. The molecule has 2 saturated heterocycles. The fourth-order valence-corrected chi connectivity index (χ4v) is 4.78. The number of nitrogens with zero attached hydrogens (tertiary/aromatic N) is 4. The standard InChI is InChI=1S/C24H23ClF2N6O4/c1-2-33-8-12(6-29-33)11-3-15(26)13(16(27)4-11)7-28-22-14(25)5-17-23(31-22)32-24(30-17)37-19-10-36-20-18(34)9-35-21(19)20/h3-6,8,18-21,34H,2,7,9-10H2,1H3,(H2,28,30,31,32)/t18-,19-,20-,21-/m1/s1. The van der Waals surface area contributed by atoms with Crippen LogP contribution in [0, 0.1) is 11.6 Å². The number of halogens is 3. The Labute approximate surface area is 214 Å². The Hall–Kier alpha value is -3.32. The third kappa shape index (κ3) is 4.50. The quantitative estimate of drug-likeness (QED) is 0.332. The van der Waals surface area contributed by atoms with Gasteiger partial charge in [-0.05, 0) is 30.7 Å². The van der Waals surface area contributed by atoms with E-state index in [0.717, 1.165) is 0 Å². The van der Waals surface area contributed by atoms with Gasteiger partial charge in [0.05, 0.1) is 29.9 Å². The van der Waals surface area contributed by atoms with E-state index in [-0.39, 0.29) is 42.2 Å². The molecule has 3 N–H and O–H groups in total. The molecule has 1 aromatic carbocycles. The summed E-state index contributed by atoms with van der Waals surface area (Å²) in [7, 11) is 0. The Morgan fingerprint density at radius 2 is 1.95 bits per heavy atom. The van der Waals surface area contributed by atoms with Crippen molar-refractivity contribution in [3.05, 3.63) is 52.8 Å². The summed E-state index contributed by atoms with van der Waals surface area (Å²) < 4.78 is 48.3. The van der Waals surface area contributed by atoms with E-state index in [1.807, 2.05) is 6.92 Å². The van der Waals surface area contributed by atoms with Crippen LogP contribution in [0.15, 0.2) is 30.6 Å². The number of hydrogen-bond donors (Lipinski definition) is 3. The molecule has 10 nitrogen and oxygen atoms in total. The number of nitrogens with one attached hydrogen (secondary N) is 2. The molecule has 2 aliphatic rings. The number of aromatic nitrogens is 5. The second-order valence-corrected chi connectivity index (χ2v) is 9.32. The third-order valence-corrected chi connectivity index (χ3v) is 6.80. The Morgan fingerprint density at radius 3 is 2.70 bits per heavy atom. The maximum absolute atomic E-state index is 14.8. The normalized spacial score (nSPS) is 23.1. The smallest absolute Gasteiger partial charge is 0.296 e. The molecule has 2 aliphatic heterocycles. The van der Waals surface area contributed by atoms with Crippen LogP contribution in [0.1, 0.15) is 12.5 Å². The maximum Gasteiger partial charge on any atom is 0.296 e. The molecule has 37 heavy (non-hydrogen) atoms. The monoisotopic (exact) mass is 532 g/mol. The van der Waals surface area contributed by atoms with Crippen molar-refractivity contribution in [2.45, 2.75) is 44.4 Å². The van der Waals surface area contributed by atoms with Crippen LogP contribution in [0.3, 0.4) is 0 Å². The van der Waals surface area contributed by atoms with E-state index in [2.05, 4.69) is 25.4 Å². The first kappa shape index (κ1) is 24.0. The molecule has 13 heteroatoms. The number of aromatic amines is 1. The topological polar surface area (TPSA) is 119 Å². The van der Waals surface area contributed by atoms with Crippen molar-refractivity contribution < 1.29 is 28.1 Å². The van der Waals surface area contributed by atoms with Gasteiger partial charge in [0.15, 0.2) is 11.8 Å². The zero-order chi connectivity index (χ0) is 25.7. The first-order chi connectivity index (χ1) is 17.9. The van der Waals surface area contributed by atoms with E-state index in [4.69, 9.17) is 25.8 Å². The van der Waals surface area contributed by atoms with Gasteiger partial charge in [-0.25, -0.2) is 13.8 Å². The van der Waals surface area contributed by atoms with Gasteiger partial charge in [0, 0.05) is 30.4 Å². The van der Waals surface area contributed by atoms with E-state index in [1.54, 1.807) is 23.1 Å². The molecule has 6 rings (SSSR count). The Bertz CT molecular complexity index is 1440. The number of anilines is 1. The number of ether oxygens (including phenoxy) is 3. The van der Waals surface area contributed by atoms with Gasteiger partial charge in [-0.2, -0.15) is 10.1 Å². The first-order valence-corrected chi connectivity index (χ1v) is 12.2. The summed E-state index contributed by atoms with van der Waals surface area (Å²) in [6.45, 7) is 2.84. The van der Waals surface area contributed by atoms with Crippen molar-refractivity contribution in [1.29, 1.82) is 0 Å². The number of aryl methyl sites for hydroxylation is 1.